The van der Waals surface area contributed by atoms with E-state index in [1.165, 1.54) is 5.56 Å². The van der Waals surface area contributed by atoms with Gasteiger partial charge < -0.3 is 5.11 Å². The van der Waals surface area contributed by atoms with Crippen molar-refractivity contribution in [3.63, 3.8) is 0 Å². The number of benzene rings is 1. The van der Waals surface area contributed by atoms with Crippen LogP contribution in [-0.2, 0) is 6.42 Å². The summed E-state index contributed by atoms with van der Waals surface area (Å²) in [6.07, 6.45) is 0.488. The van der Waals surface area contributed by atoms with Gasteiger partial charge in [-0.05, 0) is 37.6 Å². The molecule has 0 atom stereocenters. The van der Waals surface area contributed by atoms with Crippen LogP contribution in [-0.4, -0.2) is 21.7 Å². The number of hydrogen-bond acceptors (Lipinski definition) is 3. The third-order valence-corrected chi connectivity index (χ3v) is 3.20. The Hall–Kier alpha value is -1.26. The highest BCUT2D eigenvalue weighted by molar-refractivity contribution is 9.10. The van der Waals surface area contributed by atoms with Crippen LogP contribution in [0.2, 0.25) is 0 Å². The molecule has 0 saturated heterocycles. The fourth-order valence-electron chi connectivity index (χ4n) is 1.85. The van der Waals surface area contributed by atoms with Crippen LogP contribution >= 0.6 is 15.9 Å². The van der Waals surface area contributed by atoms with Gasteiger partial charge in [0.1, 0.15) is 5.82 Å². The maximum absolute atomic E-state index is 8.98. The quantitative estimate of drug-likeness (QED) is 0.948. The zero-order valence-corrected chi connectivity index (χ0v) is 12.0. The molecule has 1 aromatic heterocycles. The van der Waals surface area contributed by atoms with E-state index < -0.39 is 0 Å². The predicted octanol–water partition coefficient (Wildman–Crippen LogP) is 3.06. The third-order valence-electron chi connectivity index (χ3n) is 2.71. The highest BCUT2D eigenvalue weighted by atomic mass is 79.9. The molecule has 0 aliphatic carbocycles. The Labute approximate surface area is 115 Å². The zero-order valence-electron chi connectivity index (χ0n) is 10.4. The molecule has 0 aliphatic heterocycles. The summed E-state index contributed by atoms with van der Waals surface area (Å²) in [5.41, 5.74) is 4.09. The standard InChI is InChI=1S/C14H15BrN2O/c1-9-3-4-11(15)8-12(9)13-7-10(2)16-14(17-13)5-6-18/h3-4,7-8,18H,5-6H2,1-2H3. The Morgan fingerprint density at radius 3 is 2.67 bits per heavy atom. The zero-order chi connectivity index (χ0) is 13.1. The van der Waals surface area contributed by atoms with Crippen molar-refractivity contribution < 1.29 is 5.11 Å². The lowest BCUT2D eigenvalue weighted by molar-refractivity contribution is 0.296. The second-order valence-electron chi connectivity index (χ2n) is 4.24. The average Bonchev–Trinajstić information content (AvgIpc) is 2.32. The molecule has 0 saturated carbocycles. The molecule has 0 fully saturated rings. The summed E-state index contributed by atoms with van der Waals surface area (Å²) in [7, 11) is 0. The largest absolute Gasteiger partial charge is 0.396 e. The summed E-state index contributed by atoms with van der Waals surface area (Å²) in [6, 6.07) is 8.10. The Bertz CT molecular complexity index is 570. The number of aliphatic hydroxyl groups excluding tert-OH is 1. The maximum atomic E-state index is 8.98. The van der Waals surface area contributed by atoms with Gasteiger partial charge in [0.05, 0.1) is 12.3 Å². The summed E-state index contributed by atoms with van der Waals surface area (Å²) in [5, 5.41) is 8.98. The van der Waals surface area contributed by atoms with Gasteiger partial charge in [-0.25, -0.2) is 9.97 Å². The SMILES string of the molecule is Cc1cc(-c2cc(Br)ccc2C)nc(CCO)n1. The minimum Gasteiger partial charge on any atom is -0.396 e. The smallest absolute Gasteiger partial charge is 0.131 e. The molecule has 0 bridgehead atoms. The Morgan fingerprint density at radius 1 is 1.17 bits per heavy atom. The second kappa shape index (κ2) is 5.59. The van der Waals surface area contributed by atoms with Gasteiger partial charge in [-0.3, -0.25) is 0 Å². The average molecular weight is 307 g/mol. The van der Waals surface area contributed by atoms with E-state index in [0.717, 1.165) is 21.4 Å². The number of aromatic nitrogens is 2. The molecule has 2 aromatic rings. The van der Waals surface area contributed by atoms with Crippen molar-refractivity contribution in [1.82, 2.24) is 9.97 Å². The first-order chi connectivity index (χ1) is 8.60. The maximum Gasteiger partial charge on any atom is 0.131 e. The van der Waals surface area contributed by atoms with E-state index in [-0.39, 0.29) is 6.61 Å². The van der Waals surface area contributed by atoms with Gasteiger partial charge in [0.15, 0.2) is 0 Å². The van der Waals surface area contributed by atoms with Crippen molar-refractivity contribution in [3.05, 3.63) is 45.8 Å². The van der Waals surface area contributed by atoms with Crippen molar-refractivity contribution in [3.8, 4) is 11.3 Å². The molecular weight excluding hydrogens is 292 g/mol. The topological polar surface area (TPSA) is 46.0 Å². The van der Waals surface area contributed by atoms with Crippen LogP contribution in [0.1, 0.15) is 17.1 Å². The normalized spacial score (nSPS) is 10.7. The lowest BCUT2D eigenvalue weighted by Crippen LogP contribution is -2.02. The molecule has 0 radical (unpaired) electrons. The molecule has 1 aromatic carbocycles. The van der Waals surface area contributed by atoms with E-state index >= 15 is 0 Å². The van der Waals surface area contributed by atoms with Gasteiger partial charge in [0, 0.05) is 22.2 Å². The first-order valence-electron chi connectivity index (χ1n) is 5.82. The van der Waals surface area contributed by atoms with E-state index in [2.05, 4.69) is 45.0 Å². The predicted molar refractivity (Wildman–Crippen MR) is 75.4 cm³/mol. The van der Waals surface area contributed by atoms with Crippen LogP contribution in [0.4, 0.5) is 0 Å². The summed E-state index contributed by atoms with van der Waals surface area (Å²) in [4.78, 5) is 8.82. The Morgan fingerprint density at radius 2 is 1.94 bits per heavy atom. The van der Waals surface area contributed by atoms with Crippen molar-refractivity contribution in [2.75, 3.05) is 6.61 Å². The third kappa shape index (κ3) is 2.94. The van der Waals surface area contributed by atoms with Gasteiger partial charge in [-0.15, -0.1) is 0 Å². The minimum atomic E-state index is 0.0698. The van der Waals surface area contributed by atoms with Gasteiger partial charge in [0.25, 0.3) is 0 Å². The molecule has 0 amide bonds. The van der Waals surface area contributed by atoms with Crippen LogP contribution in [0.5, 0.6) is 0 Å². The fraction of sp³-hybridized carbons (Fsp3) is 0.286. The summed E-state index contributed by atoms with van der Waals surface area (Å²) < 4.78 is 1.03. The van der Waals surface area contributed by atoms with Crippen molar-refractivity contribution in [1.29, 1.82) is 0 Å². The van der Waals surface area contributed by atoms with Crippen molar-refractivity contribution >= 4 is 15.9 Å². The van der Waals surface area contributed by atoms with E-state index in [9.17, 15) is 0 Å². The summed E-state index contributed by atoms with van der Waals surface area (Å²) in [6.45, 7) is 4.07. The van der Waals surface area contributed by atoms with E-state index in [4.69, 9.17) is 5.11 Å². The lowest BCUT2D eigenvalue weighted by atomic mass is 10.1. The number of halogens is 1. The highest BCUT2D eigenvalue weighted by Gasteiger charge is 2.07. The van der Waals surface area contributed by atoms with Crippen LogP contribution < -0.4 is 0 Å². The van der Waals surface area contributed by atoms with Gasteiger partial charge in [0.2, 0.25) is 0 Å². The molecule has 94 valence electrons. The van der Waals surface area contributed by atoms with Crippen molar-refractivity contribution in [2.24, 2.45) is 0 Å². The lowest BCUT2D eigenvalue weighted by Gasteiger charge is -2.08. The number of aryl methyl sites for hydroxylation is 2. The molecular formula is C14H15BrN2O. The van der Waals surface area contributed by atoms with E-state index in [1.54, 1.807) is 0 Å². The monoisotopic (exact) mass is 306 g/mol. The number of nitrogens with zero attached hydrogens (tertiary/aromatic N) is 2. The van der Waals surface area contributed by atoms with E-state index in [1.807, 2.05) is 19.1 Å². The number of rotatable bonds is 3. The highest BCUT2D eigenvalue weighted by Crippen LogP contribution is 2.25. The molecule has 18 heavy (non-hydrogen) atoms. The van der Waals surface area contributed by atoms with Gasteiger partial charge in [-0.1, -0.05) is 22.0 Å². The molecule has 0 unspecified atom stereocenters. The minimum absolute atomic E-state index is 0.0698. The van der Waals surface area contributed by atoms with Crippen LogP contribution in [0.15, 0.2) is 28.7 Å². The Balaban J connectivity index is 2.52. The van der Waals surface area contributed by atoms with Crippen LogP contribution in [0, 0.1) is 13.8 Å². The molecule has 3 nitrogen and oxygen atoms in total. The van der Waals surface area contributed by atoms with Crippen LogP contribution in [0.25, 0.3) is 11.3 Å². The number of aliphatic hydroxyl groups is 1. The van der Waals surface area contributed by atoms with Gasteiger partial charge >= 0.3 is 0 Å². The number of hydrogen-bond donors (Lipinski definition) is 1. The van der Waals surface area contributed by atoms with E-state index in [0.29, 0.717) is 12.2 Å². The molecule has 1 heterocycles. The molecule has 2 rings (SSSR count). The molecule has 0 aliphatic rings. The molecule has 4 heteroatoms. The molecule has 1 N–H and O–H groups in total. The first-order valence-corrected chi connectivity index (χ1v) is 6.61. The van der Waals surface area contributed by atoms with Crippen LogP contribution in [0.3, 0.4) is 0 Å². The second-order valence-corrected chi connectivity index (χ2v) is 5.16. The Kier molecular flexibility index (Phi) is 4.09. The van der Waals surface area contributed by atoms with Crippen molar-refractivity contribution in [2.45, 2.75) is 20.3 Å². The fourth-order valence-corrected chi connectivity index (χ4v) is 2.21. The summed E-state index contributed by atoms with van der Waals surface area (Å²) >= 11 is 3.48. The first kappa shape index (κ1) is 13.2. The molecule has 0 spiro atoms. The van der Waals surface area contributed by atoms with Gasteiger partial charge in [-0.2, -0.15) is 0 Å². The summed E-state index contributed by atoms with van der Waals surface area (Å²) in [5.74, 6) is 0.687.